The van der Waals surface area contributed by atoms with Gasteiger partial charge in [0.1, 0.15) is 0 Å². The van der Waals surface area contributed by atoms with Gasteiger partial charge in [-0.3, -0.25) is 0 Å². The van der Waals surface area contributed by atoms with Gasteiger partial charge in [-0.05, 0) is 40.8 Å². The molecule has 0 aliphatic heterocycles. The molecule has 7 nitrogen and oxygen atoms in total. The van der Waals surface area contributed by atoms with Gasteiger partial charge in [0.15, 0.2) is 6.29 Å². The van der Waals surface area contributed by atoms with E-state index in [-0.39, 0.29) is 11.9 Å². The first-order chi connectivity index (χ1) is 11.0. The molecule has 1 aromatic rings. The quantitative estimate of drug-likeness (QED) is 0.346. The van der Waals surface area contributed by atoms with Crippen molar-refractivity contribution in [1.29, 1.82) is 0 Å². The normalized spacial score (nSPS) is 10.2. The lowest BCUT2D eigenvalue weighted by Gasteiger charge is -2.10. The number of methoxy groups -OCH3 is 4. The van der Waals surface area contributed by atoms with Crippen molar-refractivity contribution in [2.24, 2.45) is 0 Å². The Hall–Kier alpha value is -0.940. The zero-order chi connectivity index (χ0) is 17.7. The summed E-state index contributed by atoms with van der Waals surface area (Å²) in [5, 5.41) is 12.0. The van der Waals surface area contributed by atoms with Crippen LogP contribution in [0.3, 0.4) is 0 Å². The summed E-state index contributed by atoms with van der Waals surface area (Å²) in [5.74, 6) is -0.923. The molecule has 1 aromatic carbocycles. The summed E-state index contributed by atoms with van der Waals surface area (Å²) in [7, 11) is 6.36. The largest absolute Gasteiger partial charge is 0.478 e. The molecule has 0 saturated carbocycles. The van der Waals surface area contributed by atoms with E-state index in [2.05, 4.69) is 27.9 Å². The number of nitrogens with one attached hydrogen (secondary N) is 1. The third kappa shape index (κ3) is 9.72. The minimum absolute atomic E-state index is 0.222. The Bertz CT molecular complexity index is 454. The van der Waals surface area contributed by atoms with E-state index >= 15 is 0 Å². The van der Waals surface area contributed by atoms with E-state index in [1.54, 1.807) is 40.6 Å². The minimum atomic E-state index is -0.923. The highest BCUT2D eigenvalue weighted by Gasteiger charge is 2.09. The van der Waals surface area contributed by atoms with Crippen LogP contribution in [-0.4, -0.2) is 65.6 Å². The lowest BCUT2D eigenvalue weighted by atomic mass is 10.2. The van der Waals surface area contributed by atoms with Crippen molar-refractivity contribution in [1.82, 2.24) is 0 Å². The molecule has 0 aliphatic rings. The van der Waals surface area contributed by atoms with Gasteiger partial charge in [0.25, 0.3) is 0 Å². The molecule has 0 radical (unpaired) electrons. The first kappa shape index (κ1) is 22.1. The van der Waals surface area contributed by atoms with E-state index in [1.807, 2.05) is 6.07 Å². The summed E-state index contributed by atoms with van der Waals surface area (Å²) >= 11 is 2.08. The first-order valence-corrected chi connectivity index (χ1v) is 7.88. The van der Waals surface area contributed by atoms with Crippen LogP contribution in [0, 0.1) is 3.57 Å². The van der Waals surface area contributed by atoms with E-state index in [0.717, 1.165) is 3.57 Å². The van der Waals surface area contributed by atoms with Crippen molar-refractivity contribution < 1.29 is 28.8 Å². The average Bonchev–Trinajstić information content (AvgIpc) is 2.54. The molecule has 2 N–H and O–H groups in total. The number of ether oxygens (including phenoxy) is 4. The van der Waals surface area contributed by atoms with Crippen molar-refractivity contribution in [2.75, 3.05) is 53.5 Å². The Morgan fingerprint density at radius 1 is 1.22 bits per heavy atom. The van der Waals surface area contributed by atoms with Crippen LogP contribution in [0.4, 0.5) is 5.69 Å². The monoisotopic (exact) mass is 441 g/mol. The molecule has 0 unspecified atom stereocenters. The van der Waals surface area contributed by atoms with Crippen molar-refractivity contribution in [3.63, 3.8) is 0 Å². The Morgan fingerprint density at radius 2 is 1.87 bits per heavy atom. The molecule has 1 rings (SSSR count). The van der Waals surface area contributed by atoms with Crippen LogP contribution >= 0.6 is 22.6 Å². The molecule has 132 valence electrons. The third-order valence-corrected chi connectivity index (χ3v) is 3.33. The lowest BCUT2D eigenvalue weighted by Crippen LogP contribution is -2.18. The Balaban J connectivity index is 0.000000515. The molecule has 0 spiro atoms. The summed E-state index contributed by atoms with van der Waals surface area (Å²) in [6.45, 7) is 1.62. The van der Waals surface area contributed by atoms with Crippen molar-refractivity contribution >= 4 is 34.2 Å². The van der Waals surface area contributed by atoms with Crippen LogP contribution < -0.4 is 5.32 Å². The van der Waals surface area contributed by atoms with Crippen LogP contribution in [0.15, 0.2) is 18.2 Å². The summed E-state index contributed by atoms with van der Waals surface area (Å²) in [5.41, 5.74) is 0.915. The molecule has 0 bridgehead atoms. The molecule has 0 saturated heterocycles. The zero-order valence-electron chi connectivity index (χ0n) is 13.8. The Morgan fingerprint density at radius 3 is 2.30 bits per heavy atom. The van der Waals surface area contributed by atoms with Crippen LogP contribution in [0.25, 0.3) is 0 Å². The van der Waals surface area contributed by atoms with Crippen LogP contribution in [0.5, 0.6) is 0 Å². The zero-order valence-corrected chi connectivity index (χ0v) is 16.0. The Labute approximate surface area is 150 Å². The van der Waals surface area contributed by atoms with Gasteiger partial charge < -0.3 is 29.4 Å². The number of carboxylic acid groups (broad SMARTS) is 1. The topological polar surface area (TPSA) is 86.3 Å². The fourth-order valence-electron chi connectivity index (χ4n) is 1.50. The number of rotatable bonds is 9. The van der Waals surface area contributed by atoms with E-state index < -0.39 is 5.97 Å². The van der Waals surface area contributed by atoms with Gasteiger partial charge in [0.2, 0.25) is 0 Å². The smallest absolute Gasteiger partial charge is 0.337 e. The third-order valence-electron chi connectivity index (χ3n) is 2.66. The van der Waals surface area contributed by atoms with E-state index in [0.29, 0.717) is 25.4 Å². The number of aromatic carboxylic acids is 1. The second-order valence-electron chi connectivity index (χ2n) is 4.27. The maximum Gasteiger partial charge on any atom is 0.337 e. The van der Waals surface area contributed by atoms with Crippen molar-refractivity contribution in [2.45, 2.75) is 6.29 Å². The second kappa shape index (κ2) is 13.5. The van der Waals surface area contributed by atoms with Gasteiger partial charge in [-0.2, -0.15) is 0 Å². The lowest BCUT2D eigenvalue weighted by molar-refractivity contribution is -0.133. The summed E-state index contributed by atoms with van der Waals surface area (Å²) in [6.07, 6.45) is -0.222. The summed E-state index contributed by atoms with van der Waals surface area (Å²) < 4.78 is 20.1. The first-order valence-electron chi connectivity index (χ1n) is 6.80. The number of benzene rings is 1. The second-order valence-corrected chi connectivity index (χ2v) is 5.52. The number of hydrogen-bond donors (Lipinski definition) is 2. The molecule has 0 aromatic heterocycles. The highest BCUT2D eigenvalue weighted by molar-refractivity contribution is 14.1. The van der Waals surface area contributed by atoms with Gasteiger partial charge in [-0.1, -0.05) is 0 Å². The fraction of sp³-hybridized carbons (Fsp3) is 0.533. The average molecular weight is 441 g/mol. The fourth-order valence-corrected chi connectivity index (χ4v) is 1.99. The molecule has 0 atom stereocenters. The van der Waals surface area contributed by atoms with E-state index in [9.17, 15) is 4.79 Å². The van der Waals surface area contributed by atoms with Crippen molar-refractivity contribution in [3.05, 3.63) is 27.3 Å². The van der Waals surface area contributed by atoms with Gasteiger partial charge in [-0.25, -0.2) is 4.79 Å². The highest BCUT2D eigenvalue weighted by Crippen LogP contribution is 2.18. The summed E-state index contributed by atoms with van der Waals surface area (Å²) in [4.78, 5) is 10.9. The van der Waals surface area contributed by atoms with E-state index in [1.165, 1.54) is 0 Å². The van der Waals surface area contributed by atoms with E-state index in [4.69, 9.17) is 24.1 Å². The molecule has 0 amide bonds. The maximum absolute atomic E-state index is 10.9. The molecule has 0 aliphatic carbocycles. The minimum Gasteiger partial charge on any atom is -0.478 e. The molecular weight excluding hydrogens is 417 g/mol. The van der Waals surface area contributed by atoms with Crippen LogP contribution in [0.1, 0.15) is 10.4 Å². The van der Waals surface area contributed by atoms with Crippen LogP contribution in [-0.2, 0) is 18.9 Å². The standard InChI is InChI=1S/C10H12INO3.C5H12O3/c1-15-5-4-12-9-3-2-7(11)6-8(9)10(13)14;1-6-4-5(7-2)8-3/h2-3,6,12H,4-5H2,1H3,(H,13,14);5H,4H2,1-3H3. The SMILES string of the molecule is COCC(OC)OC.COCCNc1ccc(I)cc1C(=O)O. The number of carbonyl (C=O) groups is 1. The molecule has 8 heteroatoms. The number of carboxylic acids is 1. The van der Waals surface area contributed by atoms with Gasteiger partial charge in [-0.15, -0.1) is 0 Å². The molecule has 0 fully saturated rings. The predicted molar refractivity (Wildman–Crippen MR) is 96.2 cm³/mol. The van der Waals surface area contributed by atoms with Gasteiger partial charge in [0.05, 0.1) is 18.8 Å². The predicted octanol–water partition coefficient (Wildman–Crippen LogP) is 2.30. The Kier molecular flexibility index (Phi) is 12.9. The van der Waals surface area contributed by atoms with Gasteiger partial charge >= 0.3 is 5.97 Å². The summed E-state index contributed by atoms with van der Waals surface area (Å²) in [6, 6.07) is 5.26. The highest BCUT2D eigenvalue weighted by atomic mass is 127. The van der Waals surface area contributed by atoms with Crippen molar-refractivity contribution in [3.8, 4) is 0 Å². The molecular formula is C15H24INO6. The molecule has 23 heavy (non-hydrogen) atoms. The maximum atomic E-state index is 10.9. The van der Waals surface area contributed by atoms with Gasteiger partial charge in [0, 0.05) is 44.2 Å². The number of halogens is 1. The molecule has 0 heterocycles. The van der Waals surface area contributed by atoms with Crippen LogP contribution in [0.2, 0.25) is 0 Å². The number of hydrogen-bond acceptors (Lipinski definition) is 6. The number of anilines is 1.